The normalized spacial score (nSPS) is 17.8. The van der Waals surface area contributed by atoms with Crippen LogP contribution in [-0.2, 0) is 16.4 Å². The van der Waals surface area contributed by atoms with Crippen molar-refractivity contribution in [1.29, 1.82) is 0 Å². The van der Waals surface area contributed by atoms with Gasteiger partial charge in [-0.1, -0.05) is 18.2 Å². The van der Waals surface area contributed by atoms with Crippen molar-refractivity contribution in [1.82, 2.24) is 9.29 Å². The topological polar surface area (TPSA) is 53.5 Å². The molecule has 0 N–H and O–H groups in total. The summed E-state index contributed by atoms with van der Waals surface area (Å²) in [5, 5.41) is 0. The first-order chi connectivity index (χ1) is 10.4. The van der Waals surface area contributed by atoms with Crippen molar-refractivity contribution in [3.63, 3.8) is 0 Å². The highest BCUT2D eigenvalue weighted by Gasteiger charge is 2.28. The maximum absolute atomic E-state index is 12.1. The summed E-state index contributed by atoms with van der Waals surface area (Å²) >= 11 is 0. The molecule has 2 heterocycles. The molecule has 0 aliphatic carbocycles. The van der Waals surface area contributed by atoms with Gasteiger partial charge in [-0.2, -0.15) is 0 Å². The predicted octanol–water partition coefficient (Wildman–Crippen LogP) is 2.41. The number of hydrogen-bond donors (Lipinski definition) is 0. The average molecular weight is 317 g/mol. The number of para-hydroxylation sites is 1. The molecule has 0 bridgehead atoms. The van der Waals surface area contributed by atoms with E-state index in [1.807, 2.05) is 12.1 Å². The molecule has 1 aromatic carbocycles. The van der Waals surface area contributed by atoms with Crippen LogP contribution in [0.5, 0.6) is 0 Å². The second kappa shape index (κ2) is 5.37. The van der Waals surface area contributed by atoms with Crippen molar-refractivity contribution in [2.75, 3.05) is 19.0 Å². The number of pyridine rings is 1. The van der Waals surface area contributed by atoms with Gasteiger partial charge in [-0.25, -0.2) is 17.7 Å². The Morgan fingerprint density at radius 3 is 2.55 bits per heavy atom. The van der Waals surface area contributed by atoms with E-state index in [9.17, 15) is 8.42 Å². The predicted molar refractivity (Wildman–Crippen MR) is 86.9 cm³/mol. The highest BCUT2D eigenvalue weighted by Crippen LogP contribution is 2.37. The van der Waals surface area contributed by atoms with Crippen LogP contribution in [0.15, 0.2) is 47.5 Å². The number of sulfonamides is 1. The maximum Gasteiger partial charge on any atom is 0.244 e. The minimum atomic E-state index is -3.44. The lowest BCUT2D eigenvalue weighted by molar-refractivity contribution is 0.520. The summed E-state index contributed by atoms with van der Waals surface area (Å²) in [6.45, 7) is 2.14. The number of aromatic nitrogens is 1. The van der Waals surface area contributed by atoms with Gasteiger partial charge in [0.05, 0.1) is 0 Å². The van der Waals surface area contributed by atoms with Gasteiger partial charge in [0, 0.05) is 32.0 Å². The van der Waals surface area contributed by atoms with Crippen molar-refractivity contribution in [2.45, 2.75) is 24.3 Å². The Hall–Kier alpha value is -1.92. The number of hydrogen-bond acceptors (Lipinski definition) is 4. The van der Waals surface area contributed by atoms with Crippen molar-refractivity contribution < 1.29 is 8.42 Å². The summed E-state index contributed by atoms with van der Waals surface area (Å²) < 4.78 is 25.4. The maximum atomic E-state index is 12.1. The molecule has 0 fully saturated rings. The Labute approximate surface area is 131 Å². The largest absolute Gasteiger partial charge is 0.323 e. The number of anilines is 2. The Balaban J connectivity index is 1.98. The molecule has 0 spiro atoms. The molecule has 1 atom stereocenters. The van der Waals surface area contributed by atoms with E-state index in [-0.39, 0.29) is 4.90 Å². The molecule has 0 saturated heterocycles. The fourth-order valence-electron chi connectivity index (χ4n) is 2.79. The van der Waals surface area contributed by atoms with Gasteiger partial charge in [-0.3, -0.25) is 0 Å². The summed E-state index contributed by atoms with van der Waals surface area (Å²) in [5.74, 6) is 0.773. The summed E-state index contributed by atoms with van der Waals surface area (Å²) in [6.07, 6.45) is 2.40. The van der Waals surface area contributed by atoms with Gasteiger partial charge in [-0.05, 0) is 37.1 Å². The van der Waals surface area contributed by atoms with Gasteiger partial charge in [0.1, 0.15) is 10.7 Å². The molecule has 1 aliphatic heterocycles. The van der Waals surface area contributed by atoms with Gasteiger partial charge < -0.3 is 4.90 Å². The smallest absolute Gasteiger partial charge is 0.244 e. The Kier molecular flexibility index (Phi) is 3.66. The third-order valence-corrected chi connectivity index (χ3v) is 5.75. The van der Waals surface area contributed by atoms with Crippen LogP contribution in [0.3, 0.4) is 0 Å². The molecule has 0 saturated carbocycles. The lowest BCUT2D eigenvalue weighted by Crippen LogP contribution is -2.25. The van der Waals surface area contributed by atoms with Crippen LogP contribution in [-0.4, -0.2) is 37.8 Å². The van der Waals surface area contributed by atoms with Gasteiger partial charge in [-0.15, -0.1) is 0 Å². The fourth-order valence-corrected chi connectivity index (χ4v) is 3.64. The van der Waals surface area contributed by atoms with E-state index in [4.69, 9.17) is 0 Å². The molecule has 2 aromatic rings. The molecular formula is C16H19N3O2S. The summed E-state index contributed by atoms with van der Waals surface area (Å²) in [5.41, 5.74) is 2.44. The number of nitrogens with zero attached hydrogens (tertiary/aromatic N) is 3. The quantitative estimate of drug-likeness (QED) is 0.872. The van der Waals surface area contributed by atoms with Crippen molar-refractivity contribution in [2.24, 2.45) is 0 Å². The fraction of sp³-hybridized carbons (Fsp3) is 0.312. The van der Waals surface area contributed by atoms with Crippen LogP contribution in [0, 0.1) is 0 Å². The Morgan fingerprint density at radius 1 is 1.18 bits per heavy atom. The van der Waals surface area contributed by atoms with Crippen LogP contribution in [0.4, 0.5) is 11.5 Å². The summed E-state index contributed by atoms with van der Waals surface area (Å²) in [4.78, 5) is 6.74. The molecule has 5 nitrogen and oxygen atoms in total. The zero-order valence-electron chi connectivity index (χ0n) is 12.9. The number of rotatable bonds is 3. The number of fused-ring (bicyclic) bond motifs is 1. The second-order valence-electron chi connectivity index (χ2n) is 5.69. The third-order valence-electron chi connectivity index (χ3n) is 3.95. The third kappa shape index (κ3) is 2.38. The van der Waals surface area contributed by atoms with Gasteiger partial charge >= 0.3 is 0 Å². The van der Waals surface area contributed by atoms with Crippen LogP contribution < -0.4 is 4.90 Å². The van der Waals surface area contributed by atoms with Gasteiger partial charge in [0.25, 0.3) is 0 Å². The average Bonchev–Trinajstić information content (AvgIpc) is 2.83. The first-order valence-corrected chi connectivity index (χ1v) is 8.61. The van der Waals surface area contributed by atoms with E-state index in [2.05, 4.69) is 28.9 Å². The van der Waals surface area contributed by atoms with E-state index < -0.39 is 10.0 Å². The molecule has 22 heavy (non-hydrogen) atoms. The molecule has 1 unspecified atom stereocenters. The van der Waals surface area contributed by atoms with Crippen LogP contribution in [0.2, 0.25) is 0 Å². The van der Waals surface area contributed by atoms with E-state index in [0.717, 1.165) is 17.9 Å². The molecule has 0 radical (unpaired) electrons. The molecule has 3 rings (SSSR count). The molecule has 6 heteroatoms. The number of benzene rings is 1. The first kappa shape index (κ1) is 15.0. The Bertz CT molecular complexity index is 785. The van der Waals surface area contributed by atoms with Crippen LogP contribution in [0.25, 0.3) is 0 Å². The summed E-state index contributed by atoms with van der Waals surface area (Å²) in [7, 11) is -0.407. The highest BCUT2D eigenvalue weighted by molar-refractivity contribution is 7.89. The Morgan fingerprint density at radius 2 is 1.91 bits per heavy atom. The van der Waals surface area contributed by atoms with E-state index in [1.165, 1.54) is 30.2 Å². The van der Waals surface area contributed by atoms with Gasteiger partial charge in [0.15, 0.2) is 0 Å². The lowest BCUT2D eigenvalue weighted by atomic mass is 10.1. The minimum absolute atomic E-state index is 0.210. The zero-order valence-corrected chi connectivity index (χ0v) is 13.7. The minimum Gasteiger partial charge on any atom is -0.323 e. The van der Waals surface area contributed by atoms with Crippen molar-refractivity contribution in [3.05, 3.63) is 48.2 Å². The van der Waals surface area contributed by atoms with Gasteiger partial charge in [0.2, 0.25) is 10.0 Å². The standard InChI is InChI=1S/C16H19N3O2S/c1-12-10-13-6-4-5-7-15(13)19(12)16-9-8-14(11-17-16)22(20,21)18(2)3/h4-9,11-12H,10H2,1-3H3. The molecule has 116 valence electrons. The zero-order chi connectivity index (χ0) is 15.9. The molecule has 1 aromatic heterocycles. The molecule has 0 amide bonds. The highest BCUT2D eigenvalue weighted by atomic mass is 32.2. The second-order valence-corrected chi connectivity index (χ2v) is 7.84. The molecular weight excluding hydrogens is 298 g/mol. The van der Waals surface area contributed by atoms with E-state index in [1.54, 1.807) is 12.1 Å². The van der Waals surface area contributed by atoms with Crippen molar-refractivity contribution >= 4 is 21.5 Å². The van der Waals surface area contributed by atoms with E-state index in [0.29, 0.717) is 6.04 Å². The SMILES string of the molecule is CC1Cc2ccccc2N1c1ccc(S(=O)(=O)N(C)C)cn1. The monoisotopic (exact) mass is 317 g/mol. The van der Waals surface area contributed by atoms with Crippen LogP contribution in [0.1, 0.15) is 12.5 Å². The first-order valence-electron chi connectivity index (χ1n) is 7.17. The summed E-state index contributed by atoms with van der Waals surface area (Å²) in [6, 6.07) is 11.9. The lowest BCUT2D eigenvalue weighted by Gasteiger charge is -2.24. The van der Waals surface area contributed by atoms with E-state index >= 15 is 0 Å². The molecule has 1 aliphatic rings. The van der Waals surface area contributed by atoms with Crippen molar-refractivity contribution in [3.8, 4) is 0 Å². The van der Waals surface area contributed by atoms with Crippen LogP contribution >= 0.6 is 0 Å².